The summed E-state index contributed by atoms with van der Waals surface area (Å²) in [5.41, 5.74) is 1.12. The Hall–Kier alpha value is -4.27. The summed E-state index contributed by atoms with van der Waals surface area (Å²) in [5, 5.41) is 9.79. The molecule has 0 fully saturated rings. The van der Waals surface area contributed by atoms with Crippen LogP contribution in [0.5, 0.6) is 5.75 Å². The molecule has 0 saturated carbocycles. The Morgan fingerprint density at radius 1 is 0.912 bits per heavy atom. The van der Waals surface area contributed by atoms with Gasteiger partial charge in [0.05, 0.1) is 17.2 Å². The average molecular weight is 466 g/mol. The molecule has 1 aliphatic rings. The molecule has 1 N–H and O–H groups in total. The normalized spacial score (nSPS) is 13.5. The molecule has 3 aromatic carbocycles. The number of carbonyl (C=O) groups is 3. The van der Waals surface area contributed by atoms with E-state index in [-0.39, 0.29) is 36.6 Å². The van der Waals surface area contributed by atoms with Crippen LogP contribution >= 0.6 is 0 Å². The summed E-state index contributed by atoms with van der Waals surface area (Å²) >= 11 is 0. The van der Waals surface area contributed by atoms with Crippen molar-refractivity contribution in [1.82, 2.24) is 9.80 Å². The predicted molar refractivity (Wildman–Crippen MR) is 117 cm³/mol. The second-order valence-corrected chi connectivity index (χ2v) is 7.72. The lowest BCUT2D eigenvalue weighted by Gasteiger charge is -2.31. The van der Waals surface area contributed by atoms with Crippen LogP contribution in [0.1, 0.15) is 26.3 Å². The minimum absolute atomic E-state index is 0.0149. The molecule has 0 saturated heterocycles. The van der Waals surface area contributed by atoms with Crippen LogP contribution in [0, 0.1) is 11.6 Å². The number of imide groups is 1. The van der Waals surface area contributed by atoms with Crippen molar-refractivity contribution in [2.45, 2.75) is 12.6 Å². The molecule has 1 unspecified atom stereocenters. The van der Waals surface area contributed by atoms with Crippen LogP contribution in [0.4, 0.5) is 13.6 Å². The van der Waals surface area contributed by atoms with Crippen molar-refractivity contribution in [1.29, 1.82) is 0 Å². The van der Waals surface area contributed by atoms with Crippen LogP contribution in [0.25, 0.3) is 0 Å². The fourth-order valence-electron chi connectivity index (χ4n) is 3.78. The molecule has 34 heavy (non-hydrogen) atoms. The van der Waals surface area contributed by atoms with Gasteiger partial charge in [0.15, 0.2) is 11.6 Å². The molecule has 4 rings (SSSR count). The maximum Gasteiger partial charge on any atom is 0.407 e. The Balaban J connectivity index is 1.61. The number of ether oxygens (including phenoxy) is 1. The van der Waals surface area contributed by atoms with E-state index in [1.807, 2.05) is 0 Å². The van der Waals surface area contributed by atoms with E-state index in [4.69, 9.17) is 4.74 Å². The summed E-state index contributed by atoms with van der Waals surface area (Å²) < 4.78 is 32.4. The van der Waals surface area contributed by atoms with Crippen LogP contribution < -0.4 is 4.74 Å². The van der Waals surface area contributed by atoms with E-state index in [0.717, 1.165) is 21.9 Å². The maximum atomic E-state index is 13.6. The minimum atomic E-state index is -1.25. The third-order valence-corrected chi connectivity index (χ3v) is 5.44. The monoisotopic (exact) mass is 466 g/mol. The second kappa shape index (κ2) is 9.70. The SMILES string of the molecule is O=C(O)N(Cc1ccccc1)CC(COc1ccc(F)c(F)c1)N1C(=O)c2ccccc2C1=O. The third-order valence-electron chi connectivity index (χ3n) is 5.44. The van der Waals surface area contributed by atoms with Gasteiger partial charge < -0.3 is 14.7 Å². The molecule has 0 aliphatic carbocycles. The lowest BCUT2D eigenvalue weighted by molar-refractivity contribution is 0.0466. The highest BCUT2D eigenvalue weighted by molar-refractivity contribution is 6.21. The van der Waals surface area contributed by atoms with Gasteiger partial charge in [-0.3, -0.25) is 14.5 Å². The van der Waals surface area contributed by atoms with Gasteiger partial charge in [0, 0.05) is 19.2 Å². The summed E-state index contributed by atoms with van der Waals surface area (Å²) in [4.78, 5) is 40.1. The molecule has 0 aromatic heterocycles. The van der Waals surface area contributed by atoms with Gasteiger partial charge in [-0.25, -0.2) is 13.6 Å². The van der Waals surface area contributed by atoms with E-state index in [2.05, 4.69) is 0 Å². The summed E-state index contributed by atoms with van der Waals surface area (Å²) in [7, 11) is 0. The minimum Gasteiger partial charge on any atom is -0.491 e. The van der Waals surface area contributed by atoms with Gasteiger partial charge in [0.25, 0.3) is 11.8 Å². The Morgan fingerprint density at radius 3 is 2.12 bits per heavy atom. The number of hydrogen-bond donors (Lipinski definition) is 1. The Morgan fingerprint density at radius 2 is 1.53 bits per heavy atom. The van der Waals surface area contributed by atoms with Crippen molar-refractivity contribution in [3.63, 3.8) is 0 Å². The number of carboxylic acid groups (broad SMARTS) is 1. The topological polar surface area (TPSA) is 87.2 Å². The number of benzene rings is 3. The highest BCUT2D eigenvalue weighted by Gasteiger charge is 2.41. The summed E-state index contributed by atoms with van der Waals surface area (Å²) in [6.07, 6.45) is -1.25. The average Bonchev–Trinajstić information content (AvgIpc) is 3.09. The van der Waals surface area contributed by atoms with E-state index in [9.17, 15) is 28.3 Å². The fraction of sp³-hybridized carbons (Fsp3) is 0.160. The summed E-state index contributed by atoms with van der Waals surface area (Å²) in [5.74, 6) is -3.35. The molecule has 174 valence electrons. The van der Waals surface area contributed by atoms with Crippen LogP contribution in [0.2, 0.25) is 0 Å². The smallest absolute Gasteiger partial charge is 0.407 e. The number of carbonyl (C=O) groups excluding carboxylic acids is 2. The molecule has 0 bridgehead atoms. The van der Waals surface area contributed by atoms with Crippen molar-refractivity contribution < 1.29 is 33.0 Å². The van der Waals surface area contributed by atoms with Crippen LogP contribution in [0.15, 0.2) is 72.8 Å². The van der Waals surface area contributed by atoms with Crippen molar-refractivity contribution >= 4 is 17.9 Å². The van der Waals surface area contributed by atoms with Crippen molar-refractivity contribution in [3.8, 4) is 5.75 Å². The van der Waals surface area contributed by atoms with Gasteiger partial charge in [-0.15, -0.1) is 0 Å². The predicted octanol–water partition coefficient (Wildman–Crippen LogP) is 4.19. The van der Waals surface area contributed by atoms with Gasteiger partial charge in [0.1, 0.15) is 12.4 Å². The molecule has 0 radical (unpaired) electrons. The zero-order valence-electron chi connectivity index (χ0n) is 17.9. The maximum absolute atomic E-state index is 13.6. The van der Waals surface area contributed by atoms with Crippen molar-refractivity contribution in [3.05, 3.63) is 101 Å². The van der Waals surface area contributed by atoms with Crippen molar-refractivity contribution in [2.24, 2.45) is 0 Å². The molecule has 3 amide bonds. The van der Waals surface area contributed by atoms with Gasteiger partial charge in [0.2, 0.25) is 0 Å². The number of hydrogen-bond acceptors (Lipinski definition) is 4. The zero-order chi connectivity index (χ0) is 24.2. The van der Waals surface area contributed by atoms with E-state index < -0.39 is 35.6 Å². The third kappa shape index (κ3) is 4.73. The van der Waals surface area contributed by atoms with Gasteiger partial charge in [-0.05, 0) is 29.8 Å². The van der Waals surface area contributed by atoms with Gasteiger partial charge in [-0.1, -0.05) is 42.5 Å². The van der Waals surface area contributed by atoms with Crippen LogP contribution in [0.3, 0.4) is 0 Å². The molecule has 3 aromatic rings. The number of nitrogens with zero attached hydrogens (tertiary/aromatic N) is 2. The van der Waals surface area contributed by atoms with Gasteiger partial charge >= 0.3 is 6.09 Å². The first-order chi connectivity index (χ1) is 16.3. The standard InChI is InChI=1S/C25H20F2N2O5/c26-21-11-10-18(12-22(21)27)34-15-17(14-28(25(32)33)13-16-6-2-1-3-7-16)29-23(30)19-8-4-5-9-20(19)24(29)31/h1-12,17H,13-15H2,(H,32,33). The lowest BCUT2D eigenvalue weighted by atomic mass is 10.1. The molecule has 1 heterocycles. The van der Waals surface area contributed by atoms with Crippen molar-refractivity contribution in [2.75, 3.05) is 13.2 Å². The molecular formula is C25H20F2N2O5. The molecule has 0 spiro atoms. The highest BCUT2D eigenvalue weighted by atomic mass is 19.2. The first-order valence-electron chi connectivity index (χ1n) is 10.4. The van der Waals surface area contributed by atoms with Gasteiger partial charge in [-0.2, -0.15) is 0 Å². The Bertz CT molecular complexity index is 1200. The molecule has 1 aliphatic heterocycles. The first kappa shape index (κ1) is 22.9. The quantitative estimate of drug-likeness (QED) is 0.503. The number of fused-ring (bicyclic) bond motifs is 1. The number of halogens is 2. The zero-order valence-corrected chi connectivity index (χ0v) is 17.9. The second-order valence-electron chi connectivity index (χ2n) is 7.72. The van der Waals surface area contributed by atoms with E-state index in [0.29, 0.717) is 5.56 Å². The Labute approximate surface area is 193 Å². The van der Waals surface area contributed by atoms with E-state index in [1.165, 1.54) is 18.2 Å². The van der Waals surface area contributed by atoms with E-state index in [1.54, 1.807) is 42.5 Å². The van der Waals surface area contributed by atoms with E-state index >= 15 is 0 Å². The van der Waals surface area contributed by atoms with Crippen LogP contribution in [-0.2, 0) is 6.54 Å². The summed E-state index contributed by atoms with van der Waals surface area (Å²) in [6, 6.07) is 17.0. The number of rotatable bonds is 8. The Kier molecular flexibility index (Phi) is 6.53. The molecule has 9 heteroatoms. The lowest BCUT2D eigenvalue weighted by Crippen LogP contribution is -2.50. The molecular weight excluding hydrogens is 446 g/mol. The number of amides is 3. The highest BCUT2D eigenvalue weighted by Crippen LogP contribution is 2.26. The fourth-order valence-corrected chi connectivity index (χ4v) is 3.78. The first-order valence-corrected chi connectivity index (χ1v) is 10.4. The van der Waals surface area contributed by atoms with Crippen LogP contribution in [-0.4, -0.2) is 52.0 Å². The molecule has 1 atom stereocenters. The summed E-state index contributed by atoms with van der Waals surface area (Å²) in [6.45, 7) is -0.560. The largest absolute Gasteiger partial charge is 0.491 e. The molecule has 7 nitrogen and oxygen atoms in total.